The second kappa shape index (κ2) is 9.18. The quantitative estimate of drug-likeness (QED) is 0.327. The van der Waals surface area contributed by atoms with Crippen molar-refractivity contribution in [2.75, 3.05) is 19.1 Å². The highest BCUT2D eigenvalue weighted by atomic mass is 16.5. The smallest absolute Gasteiger partial charge is 0.360 e. The zero-order chi connectivity index (χ0) is 23.5. The highest BCUT2D eigenvalue weighted by molar-refractivity contribution is 6.03. The van der Waals surface area contributed by atoms with Gasteiger partial charge in [-0.3, -0.25) is 4.79 Å². The second-order valence-corrected chi connectivity index (χ2v) is 7.74. The van der Waals surface area contributed by atoms with Crippen LogP contribution >= 0.6 is 0 Å². The van der Waals surface area contributed by atoms with E-state index in [4.69, 9.17) is 14.9 Å². The third kappa shape index (κ3) is 4.58. The maximum Gasteiger partial charge on any atom is 0.360 e. The molecule has 0 amide bonds. The standard InChI is InChI=1S/C26H24N2O5/c1-28(22-14-17-5-3-4-6-23(17)33-26(22)31)18-9-12-24(32-2)20(15-18)25(30)21(27)13-16-7-10-19(29)11-8-16/h3-12,14-15,21,29H,13,27H2,1-2H3. The molecule has 4 aromatic rings. The van der Waals surface area contributed by atoms with Gasteiger partial charge in [0.25, 0.3) is 0 Å². The summed E-state index contributed by atoms with van der Waals surface area (Å²) in [6.45, 7) is 0. The third-order valence-corrected chi connectivity index (χ3v) is 5.55. The summed E-state index contributed by atoms with van der Waals surface area (Å²) in [7, 11) is 3.21. The van der Waals surface area contributed by atoms with E-state index >= 15 is 0 Å². The highest BCUT2D eigenvalue weighted by Crippen LogP contribution is 2.30. The Morgan fingerprint density at radius 1 is 1.09 bits per heavy atom. The molecule has 0 aliphatic rings. The Hall–Kier alpha value is -4.10. The molecule has 33 heavy (non-hydrogen) atoms. The van der Waals surface area contributed by atoms with Crippen molar-refractivity contribution in [2.45, 2.75) is 12.5 Å². The van der Waals surface area contributed by atoms with Gasteiger partial charge in [0.2, 0.25) is 0 Å². The van der Waals surface area contributed by atoms with E-state index in [1.165, 1.54) is 7.11 Å². The minimum absolute atomic E-state index is 0.147. The monoisotopic (exact) mass is 444 g/mol. The highest BCUT2D eigenvalue weighted by Gasteiger charge is 2.22. The Bertz CT molecular complexity index is 1360. The van der Waals surface area contributed by atoms with Gasteiger partial charge in [-0.25, -0.2) is 4.79 Å². The van der Waals surface area contributed by atoms with E-state index in [0.717, 1.165) is 10.9 Å². The van der Waals surface area contributed by atoms with Gasteiger partial charge in [-0.2, -0.15) is 0 Å². The van der Waals surface area contributed by atoms with Crippen molar-refractivity contribution in [1.82, 2.24) is 0 Å². The Balaban J connectivity index is 1.66. The van der Waals surface area contributed by atoms with Crippen LogP contribution in [-0.2, 0) is 6.42 Å². The molecule has 0 aliphatic heterocycles. The van der Waals surface area contributed by atoms with Crippen LogP contribution in [0.3, 0.4) is 0 Å². The van der Waals surface area contributed by atoms with Gasteiger partial charge in [-0.1, -0.05) is 30.3 Å². The van der Waals surface area contributed by atoms with Crippen LogP contribution in [0.4, 0.5) is 11.4 Å². The molecule has 0 aliphatic carbocycles. The number of nitrogens with two attached hydrogens (primary N) is 1. The summed E-state index contributed by atoms with van der Waals surface area (Å²) in [5.41, 5.74) is 8.34. The molecule has 1 aromatic heterocycles. The van der Waals surface area contributed by atoms with Gasteiger partial charge in [0.15, 0.2) is 5.78 Å². The number of rotatable bonds is 7. The molecule has 3 aromatic carbocycles. The molecule has 0 radical (unpaired) electrons. The average Bonchev–Trinajstić information content (AvgIpc) is 2.83. The number of carbonyl (C=O) groups is 1. The maximum atomic E-state index is 13.2. The van der Waals surface area contributed by atoms with Gasteiger partial charge in [-0.15, -0.1) is 0 Å². The van der Waals surface area contributed by atoms with E-state index in [-0.39, 0.29) is 11.5 Å². The van der Waals surface area contributed by atoms with Crippen LogP contribution in [-0.4, -0.2) is 31.1 Å². The number of Topliss-reactive ketones (excluding diaryl/α,β-unsaturated/α-hetero) is 1. The summed E-state index contributed by atoms with van der Waals surface area (Å²) in [6.07, 6.45) is 0.302. The lowest BCUT2D eigenvalue weighted by molar-refractivity contribution is 0.0958. The largest absolute Gasteiger partial charge is 0.508 e. The fourth-order valence-electron chi connectivity index (χ4n) is 3.70. The molecule has 7 nitrogen and oxygen atoms in total. The summed E-state index contributed by atoms with van der Waals surface area (Å²) < 4.78 is 10.8. The minimum Gasteiger partial charge on any atom is -0.508 e. The van der Waals surface area contributed by atoms with E-state index in [0.29, 0.717) is 34.7 Å². The summed E-state index contributed by atoms with van der Waals surface area (Å²) in [6, 6.07) is 19.9. The SMILES string of the molecule is COc1ccc(N(C)c2cc3ccccc3oc2=O)cc1C(=O)C(N)Cc1ccc(O)cc1. The number of ether oxygens (including phenoxy) is 1. The number of hydrogen-bond acceptors (Lipinski definition) is 7. The van der Waals surface area contributed by atoms with E-state index in [1.807, 2.05) is 12.1 Å². The zero-order valence-electron chi connectivity index (χ0n) is 18.3. The predicted octanol–water partition coefficient (Wildman–Crippen LogP) is 4.03. The first-order valence-electron chi connectivity index (χ1n) is 10.4. The predicted molar refractivity (Wildman–Crippen MR) is 128 cm³/mol. The summed E-state index contributed by atoms with van der Waals surface area (Å²) in [5, 5.41) is 10.2. The van der Waals surface area contributed by atoms with E-state index in [9.17, 15) is 14.7 Å². The minimum atomic E-state index is -0.810. The summed E-state index contributed by atoms with van der Waals surface area (Å²) in [4.78, 5) is 27.4. The van der Waals surface area contributed by atoms with Crippen LogP contribution in [0.25, 0.3) is 11.0 Å². The van der Waals surface area contributed by atoms with Crippen LogP contribution in [0.5, 0.6) is 11.5 Å². The number of phenolic OH excluding ortho intramolecular Hbond substituents is 1. The first-order valence-corrected chi connectivity index (χ1v) is 10.4. The van der Waals surface area contributed by atoms with Crippen molar-refractivity contribution in [3.05, 3.63) is 94.3 Å². The Morgan fingerprint density at radius 2 is 1.82 bits per heavy atom. The van der Waals surface area contributed by atoms with Crippen LogP contribution in [0.1, 0.15) is 15.9 Å². The van der Waals surface area contributed by atoms with Crippen molar-refractivity contribution in [3.63, 3.8) is 0 Å². The molecular weight excluding hydrogens is 420 g/mol. The van der Waals surface area contributed by atoms with E-state index in [1.54, 1.807) is 72.6 Å². The number of fused-ring (bicyclic) bond motifs is 1. The number of ketones is 1. The number of hydrogen-bond donors (Lipinski definition) is 2. The molecule has 3 N–H and O–H groups in total. The molecule has 1 atom stereocenters. The number of benzene rings is 3. The first-order chi connectivity index (χ1) is 15.9. The first kappa shape index (κ1) is 22.1. The van der Waals surface area contributed by atoms with Gasteiger partial charge in [-0.05, 0) is 54.4 Å². The van der Waals surface area contributed by atoms with Crippen molar-refractivity contribution < 1.29 is 19.1 Å². The second-order valence-electron chi connectivity index (χ2n) is 7.74. The number of carbonyl (C=O) groups excluding carboxylic acids is 1. The van der Waals surface area contributed by atoms with Gasteiger partial charge >= 0.3 is 5.63 Å². The molecule has 1 unspecified atom stereocenters. The molecule has 0 fully saturated rings. The summed E-state index contributed by atoms with van der Waals surface area (Å²) >= 11 is 0. The number of anilines is 2. The van der Waals surface area contributed by atoms with Crippen molar-refractivity contribution in [3.8, 4) is 11.5 Å². The Labute approximate surface area is 190 Å². The van der Waals surface area contributed by atoms with Gasteiger partial charge in [0, 0.05) is 18.1 Å². The number of methoxy groups -OCH3 is 1. The summed E-state index contributed by atoms with van der Waals surface area (Å²) in [5.74, 6) is 0.249. The molecule has 168 valence electrons. The van der Waals surface area contributed by atoms with Crippen LogP contribution < -0.4 is 21.0 Å². The van der Waals surface area contributed by atoms with Gasteiger partial charge < -0.3 is 24.9 Å². The molecule has 0 saturated carbocycles. The van der Waals surface area contributed by atoms with Gasteiger partial charge in [0.05, 0.1) is 18.7 Å². The van der Waals surface area contributed by atoms with Crippen molar-refractivity contribution >= 4 is 28.1 Å². The topological polar surface area (TPSA) is 106 Å². The molecular formula is C26H24N2O5. The number of phenols is 1. The van der Waals surface area contributed by atoms with E-state index in [2.05, 4.69) is 0 Å². The molecule has 0 spiro atoms. The molecule has 0 saturated heterocycles. The fourth-order valence-corrected chi connectivity index (χ4v) is 3.70. The van der Waals surface area contributed by atoms with E-state index < -0.39 is 11.7 Å². The van der Waals surface area contributed by atoms with Crippen molar-refractivity contribution in [2.24, 2.45) is 5.73 Å². The molecule has 0 bridgehead atoms. The normalized spacial score (nSPS) is 11.8. The van der Waals surface area contributed by atoms with Gasteiger partial charge in [0.1, 0.15) is 22.8 Å². The fraction of sp³-hybridized carbons (Fsp3) is 0.154. The maximum absolute atomic E-state index is 13.2. The van der Waals surface area contributed by atoms with Crippen LogP contribution in [0.2, 0.25) is 0 Å². The lowest BCUT2D eigenvalue weighted by atomic mass is 9.97. The molecule has 4 rings (SSSR count). The molecule has 1 heterocycles. The lowest BCUT2D eigenvalue weighted by Gasteiger charge is -2.21. The number of para-hydroxylation sites is 1. The average molecular weight is 444 g/mol. The van der Waals surface area contributed by atoms with Crippen LogP contribution in [0.15, 0.2) is 82.0 Å². The lowest BCUT2D eigenvalue weighted by Crippen LogP contribution is -2.33. The third-order valence-electron chi connectivity index (χ3n) is 5.55. The van der Waals surface area contributed by atoms with Crippen LogP contribution in [0, 0.1) is 0 Å². The Morgan fingerprint density at radius 3 is 2.55 bits per heavy atom. The van der Waals surface area contributed by atoms with Crippen molar-refractivity contribution in [1.29, 1.82) is 0 Å². The molecule has 7 heteroatoms. The zero-order valence-corrected chi connectivity index (χ0v) is 18.3. The number of aromatic hydroxyl groups is 1. The Kier molecular flexibility index (Phi) is 6.15. The number of nitrogens with zero attached hydrogens (tertiary/aromatic N) is 1.